The largest absolute Gasteiger partial charge is 0.370 e. The zero-order valence-corrected chi connectivity index (χ0v) is 13.4. The van der Waals surface area contributed by atoms with Crippen LogP contribution in [-0.4, -0.2) is 18.7 Å². The van der Waals surface area contributed by atoms with E-state index in [1.165, 1.54) is 31.7 Å². The molecule has 2 fully saturated rings. The maximum atomic E-state index is 13.9. The molecule has 1 atom stereocenters. The molecule has 0 aromatic heterocycles. The van der Waals surface area contributed by atoms with Crippen LogP contribution >= 0.6 is 15.9 Å². The van der Waals surface area contributed by atoms with Crippen molar-refractivity contribution in [1.29, 1.82) is 0 Å². The SMILES string of the molecule is CC1CCC2(CC1)COC(c1cc(Br)ccc1F)CN2. The van der Waals surface area contributed by atoms with Gasteiger partial charge in [-0.25, -0.2) is 4.39 Å². The van der Waals surface area contributed by atoms with Crippen molar-refractivity contribution < 1.29 is 9.13 Å². The van der Waals surface area contributed by atoms with Crippen molar-refractivity contribution in [2.45, 2.75) is 44.2 Å². The van der Waals surface area contributed by atoms with Gasteiger partial charge in [-0.2, -0.15) is 0 Å². The molecule has 1 aromatic carbocycles. The summed E-state index contributed by atoms with van der Waals surface area (Å²) in [7, 11) is 0. The van der Waals surface area contributed by atoms with Crippen molar-refractivity contribution in [3.05, 3.63) is 34.1 Å². The summed E-state index contributed by atoms with van der Waals surface area (Å²) in [4.78, 5) is 0. The summed E-state index contributed by atoms with van der Waals surface area (Å²) in [6.45, 7) is 3.70. The molecule has 20 heavy (non-hydrogen) atoms. The highest BCUT2D eigenvalue weighted by atomic mass is 79.9. The van der Waals surface area contributed by atoms with Crippen LogP contribution in [0.1, 0.15) is 44.3 Å². The van der Waals surface area contributed by atoms with Crippen molar-refractivity contribution in [3.8, 4) is 0 Å². The van der Waals surface area contributed by atoms with Crippen LogP contribution in [0.5, 0.6) is 0 Å². The first kappa shape index (κ1) is 14.5. The first-order chi connectivity index (χ1) is 9.58. The van der Waals surface area contributed by atoms with E-state index in [4.69, 9.17) is 4.74 Å². The fraction of sp³-hybridized carbons (Fsp3) is 0.625. The molecule has 2 aliphatic rings. The van der Waals surface area contributed by atoms with Gasteiger partial charge < -0.3 is 10.1 Å². The predicted octanol–water partition coefficient (Wildman–Crippen LogP) is 4.20. The minimum atomic E-state index is -0.187. The number of ether oxygens (including phenoxy) is 1. The van der Waals surface area contributed by atoms with E-state index in [9.17, 15) is 4.39 Å². The molecule has 110 valence electrons. The second kappa shape index (κ2) is 5.74. The maximum absolute atomic E-state index is 13.9. The number of hydrogen-bond acceptors (Lipinski definition) is 2. The van der Waals surface area contributed by atoms with Crippen LogP contribution in [0, 0.1) is 11.7 Å². The van der Waals surface area contributed by atoms with Gasteiger partial charge in [-0.1, -0.05) is 22.9 Å². The molecule has 1 spiro atoms. The number of nitrogens with one attached hydrogen (secondary N) is 1. The predicted molar refractivity (Wildman–Crippen MR) is 81.2 cm³/mol. The minimum absolute atomic E-state index is 0.130. The molecule has 0 radical (unpaired) electrons. The van der Waals surface area contributed by atoms with Crippen LogP contribution in [-0.2, 0) is 4.74 Å². The van der Waals surface area contributed by atoms with Crippen LogP contribution < -0.4 is 5.32 Å². The summed E-state index contributed by atoms with van der Waals surface area (Å²) in [5, 5.41) is 3.64. The molecule has 1 N–H and O–H groups in total. The Labute approximate surface area is 128 Å². The van der Waals surface area contributed by atoms with E-state index in [0.29, 0.717) is 18.7 Å². The lowest BCUT2D eigenvalue weighted by molar-refractivity contribution is -0.0517. The summed E-state index contributed by atoms with van der Waals surface area (Å²) in [5.41, 5.74) is 0.775. The molecule has 0 bridgehead atoms. The molecule has 3 rings (SSSR count). The average Bonchev–Trinajstić information content (AvgIpc) is 2.46. The van der Waals surface area contributed by atoms with Crippen molar-refractivity contribution in [3.63, 3.8) is 0 Å². The van der Waals surface area contributed by atoms with Gasteiger partial charge in [-0.15, -0.1) is 0 Å². The smallest absolute Gasteiger partial charge is 0.129 e. The Morgan fingerprint density at radius 1 is 1.35 bits per heavy atom. The van der Waals surface area contributed by atoms with Gasteiger partial charge >= 0.3 is 0 Å². The molecule has 1 aromatic rings. The Morgan fingerprint density at radius 2 is 2.10 bits per heavy atom. The average molecular weight is 342 g/mol. The highest BCUT2D eigenvalue weighted by Gasteiger charge is 2.38. The lowest BCUT2D eigenvalue weighted by Gasteiger charge is -2.45. The van der Waals surface area contributed by atoms with Gasteiger partial charge in [0, 0.05) is 22.1 Å². The Bertz CT molecular complexity index is 475. The highest BCUT2D eigenvalue weighted by molar-refractivity contribution is 9.10. The molecule has 1 saturated carbocycles. The number of hydrogen-bond donors (Lipinski definition) is 1. The van der Waals surface area contributed by atoms with E-state index in [0.717, 1.165) is 10.4 Å². The van der Waals surface area contributed by atoms with E-state index in [1.807, 2.05) is 6.07 Å². The topological polar surface area (TPSA) is 21.3 Å². The number of rotatable bonds is 1. The van der Waals surface area contributed by atoms with Gasteiger partial charge in [0.25, 0.3) is 0 Å². The summed E-state index contributed by atoms with van der Waals surface area (Å²) < 4.78 is 20.8. The molecular weight excluding hydrogens is 321 g/mol. The molecule has 0 amide bonds. The van der Waals surface area contributed by atoms with E-state index >= 15 is 0 Å². The van der Waals surface area contributed by atoms with Crippen molar-refractivity contribution in [2.24, 2.45) is 5.92 Å². The third-order valence-electron chi connectivity index (χ3n) is 4.76. The zero-order valence-electron chi connectivity index (χ0n) is 11.8. The lowest BCUT2D eigenvalue weighted by atomic mass is 9.77. The van der Waals surface area contributed by atoms with Gasteiger partial charge in [-0.3, -0.25) is 0 Å². The summed E-state index contributed by atoms with van der Waals surface area (Å²) in [6.07, 6.45) is 4.67. The van der Waals surface area contributed by atoms with Crippen LogP contribution in [0.2, 0.25) is 0 Å². The third kappa shape index (κ3) is 2.92. The third-order valence-corrected chi connectivity index (χ3v) is 5.25. The van der Waals surface area contributed by atoms with Crippen LogP contribution in [0.15, 0.2) is 22.7 Å². The molecule has 1 unspecified atom stereocenters. The minimum Gasteiger partial charge on any atom is -0.370 e. The summed E-state index contributed by atoms with van der Waals surface area (Å²) in [5.74, 6) is 0.635. The van der Waals surface area contributed by atoms with E-state index in [2.05, 4.69) is 28.2 Å². The lowest BCUT2D eigenvalue weighted by Crippen LogP contribution is -2.56. The zero-order chi connectivity index (χ0) is 14.2. The number of halogens is 2. The van der Waals surface area contributed by atoms with E-state index in [1.54, 1.807) is 6.07 Å². The molecule has 1 saturated heterocycles. The monoisotopic (exact) mass is 341 g/mol. The van der Waals surface area contributed by atoms with Gasteiger partial charge in [0.15, 0.2) is 0 Å². The quantitative estimate of drug-likeness (QED) is 0.826. The van der Waals surface area contributed by atoms with Crippen molar-refractivity contribution >= 4 is 15.9 Å². The standard InChI is InChI=1S/C16H21BrFNO/c1-11-4-6-16(7-5-11)10-20-15(9-19-16)13-8-12(17)2-3-14(13)18/h2-3,8,11,15,19H,4-7,9-10H2,1H3. The van der Waals surface area contributed by atoms with Crippen molar-refractivity contribution in [2.75, 3.05) is 13.2 Å². The van der Waals surface area contributed by atoms with Gasteiger partial charge in [0.05, 0.1) is 12.7 Å². The number of morpholine rings is 1. The Hall–Kier alpha value is -0.450. The molecule has 2 nitrogen and oxygen atoms in total. The molecule has 1 aliphatic heterocycles. The second-order valence-corrected chi connectivity index (χ2v) is 7.22. The van der Waals surface area contributed by atoms with E-state index in [-0.39, 0.29) is 17.5 Å². The Balaban J connectivity index is 1.68. The molecule has 1 heterocycles. The molecule has 4 heteroatoms. The fourth-order valence-electron chi connectivity index (χ4n) is 3.28. The Morgan fingerprint density at radius 3 is 2.75 bits per heavy atom. The van der Waals surface area contributed by atoms with Crippen LogP contribution in [0.25, 0.3) is 0 Å². The first-order valence-corrected chi connectivity index (χ1v) is 8.19. The summed E-state index contributed by atoms with van der Waals surface area (Å²) in [6, 6.07) is 5.04. The van der Waals surface area contributed by atoms with Gasteiger partial charge in [0.2, 0.25) is 0 Å². The van der Waals surface area contributed by atoms with Gasteiger partial charge in [0.1, 0.15) is 5.82 Å². The van der Waals surface area contributed by atoms with Crippen LogP contribution in [0.3, 0.4) is 0 Å². The fourth-order valence-corrected chi connectivity index (χ4v) is 3.65. The van der Waals surface area contributed by atoms with Crippen molar-refractivity contribution in [1.82, 2.24) is 5.32 Å². The second-order valence-electron chi connectivity index (χ2n) is 6.31. The highest BCUT2D eigenvalue weighted by Crippen LogP contribution is 2.36. The van der Waals surface area contributed by atoms with E-state index < -0.39 is 0 Å². The maximum Gasteiger partial charge on any atom is 0.129 e. The normalized spacial score (nSPS) is 34.4. The Kier molecular flexibility index (Phi) is 4.16. The number of benzene rings is 1. The molecular formula is C16H21BrFNO. The van der Waals surface area contributed by atoms with Crippen LogP contribution in [0.4, 0.5) is 4.39 Å². The molecule has 1 aliphatic carbocycles. The first-order valence-electron chi connectivity index (χ1n) is 7.40. The van der Waals surface area contributed by atoms with Gasteiger partial charge in [-0.05, 0) is 49.8 Å². The summed E-state index contributed by atoms with van der Waals surface area (Å²) >= 11 is 3.40.